The largest absolute Gasteiger partial charge is 0.454 e. The maximum absolute atomic E-state index is 13.4. The minimum absolute atomic E-state index is 0.223. The van der Waals surface area contributed by atoms with Crippen LogP contribution in [-0.2, 0) is 14.2 Å². The Hall–Kier alpha value is -0.470. The number of halogens is 5. The summed E-state index contributed by atoms with van der Waals surface area (Å²) in [4.78, 5) is 0. The molecule has 0 atom stereocenters. The van der Waals surface area contributed by atoms with Crippen molar-refractivity contribution in [1.82, 2.24) is 0 Å². The maximum Gasteiger partial charge on any atom is 0.454 e. The summed E-state index contributed by atoms with van der Waals surface area (Å²) in [6.07, 6.45) is -5.42. The third kappa shape index (κ3) is 1.65. The highest BCUT2D eigenvalue weighted by atomic mass is 19.4. The van der Waals surface area contributed by atoms with Gasteiger partial charge in [-0.1, -0.05) is 6.92 Å². The molecular weight excluding hydrogens is 251 g/mol. The molecule has 0 aromatic carbocycles. The van der Waals surface area contributed by atoms with Crippen LogP contribution in [0.3, 0.4) is 0 Å². The molecule has 3 heterocycles. The molecule has 3 fully saturated rings. The molecule has 3 saturated heterocycles. The van der Waals surface area contributed by atoms with Crippen molar-refractivity contribution in [3.05, 3.63) is 0 Å². The van der Waals surface area contributed by atoms with Gasteiger partial charge >= 0.3 is 12.1 Å². The summed E-state index contributed by atoms with van der Waals surface area (Å²) in [7, 11) is 0. The Morgan fingerprint density at radius 1 is 0.941 bits per heavy atom. The molecule has 0 saturated carbocycles. The van der Waals surface area contributed by atoms with E-state index in [4.69, 9.17) is 14.2 Å². The number of hydrogen-bond acceptors (Lipinski definition) is 3. The average molecular weight is 262 g/mol. The Morgan fingerprint density at radius 2 is 1.35 bits per heavy atom. The van der Waals surface area contributed by atoms with E-state index in [2.05, 4.69) is 0 Å². The van der Waals surface area contributed by atoms with Crippen LogP contribution in [0.2, 0.25) is 0 Å². The topological polar surface area (TPSA) is 27.7 Å². The molecule has 0 aromatic heterocycles. The van der Waals surface area contributed by atoms with Gasteiger partial charge in [0.1, 0.15) is 5.41 Å². The Balaban J connectivity index is 2.25. The first kappa shape index (κ1) is 13.0. The summed E-state index contributed by atoms with van der Waals surface area (Å²) in [5, 5.41) is 0. The quantitative estimate of drug-likeness (QED) is 0.715. The minimum Gasteiger partial charge on any atom is -0.326 e. The zero-order valence-electron chi connectivity index (χ0n) is 8.94. The van der Waals surface area contributed by atoms with E-state index >= 15 is 0 Å². The van der Waals surface area contributed by atoms with Gasteiger partial charge in [0.25, 0.3) is 5.97 Å². The van der Waals surface area contributed by atoms with Gasteiger partial charge in [0, 0.05) is 6.42 Å². The number of alkyl halides is 5. The number of fused-ring (bicyclic) bond motifs is 3. The van der Waals surface area contributed by atoms with E-state index in [1.807, 2.05) is 0 Å². The molecule has 0 radical (unpaired) electrons. The molecule has 17 heavy (non-hydrogen) atoms. The van der Waals surface area contributed by atoms with Crippen molar-refractivity contribution in [2.75, 3.05) is 19.8 Å². The SMILES string of the molecule is CCC12OCC(C(F)(F)C(F)(F)F)(CO1)CO2. The van der Waals surface area contributed by atoms with Gasteiger partial charge in [0.15, 0.2) is 0 Å². The fourth-order valence-electron chi connectivity index (χ4n) is 1.87. The summed E-state index contributed by atoms with van der Waals surface area (Å²) in [6, 6.07) is 0. The van der Waals surface area contributed by atoms with Crippen molar-refractivity contribution < 1.29 is 36.2 Å². The molecule has 0 amide bonds. The first-order chi connectivity index (χ1) is 7.68. The van der Waals surface area contributed by atoms with Crippen LogP contribution in [-0.4, -0.2) is 37.9 Å². The Kier molecular flexibility index (Phi) is 2.68. The van der Waals surface area contributed by atoms with E-state index in [-0.39, 0.29) is 6.42 Å². The number of ether oxygens (including phenoxy) is 3. The Bertz CT molecular complexity index is 290. The van der Waals surface area contributed by atoms with Gasteiger partial charge in [-0.25, -0.2) is 0 Å². The third-order valence-corrected chi connectivity index (χ3v) is 3.16. The highest BCUT2D eigenvalue weighted by molar-refractivity contribution is 5.01. The van der Waals surface area contributed by atoms with Crippen LogP contribution < -0.4 is 0 Å². The van der Waals surface area contributed by atoms with E-state index in [9.17, 15) is 22.0 Å². The highest BCUT2D eigenvalue weighted by Gasteiger charge is 2.74. The van der Waals surface area contributed by atoms with Crippen LogP contribution in [0.5, 0.6) is 0 Å². The third-order valence-electron chi connectivity index (χ3n) is 3.16. The van der Waals surface area contributed by atoms with Gasteiger partial charge in [0.05, 0.1) is 19.8 Å². The van der Waals surface area contributed by atoms with Crippen LogP contribution in [0.4, 0.5) is 22.0 Å². The molecule has 0 aromatic rings. The average Bonchev–Trinajstić information content (AvgIpc) is 2.30. The zero-order chi connectivity index (χ0) is 12.9. The summed E-state index contributed by atoms with van der Waals surface area (Å²) in [6.45, 7) is -0.561. The molecule has 3 rings (SSSR count). The lowest BCUT2D eigenvalue weighted by molar-refractivity contribution is -0.501. The monoisotopic (exact) mass is 262 g/mol. The van der Waals surface area contributed by atoms with Crippen LogP contribution >= 0.6 is 0 Å². The van der Waals surface area contributed by atoms with Crippen LogP contribution in [0.25, 0.3) is 0 Å². The summed E-state index contributed by atoms with van der Waals surface area (Å²) in [5.74, 6) is -6.36. The van der Waals surface area contributed by atoms with Crippen molar-refractivity contribution in [2.24, 2.45) is 5.41 Å². The standard InChI is InChI=1S/C9H11F5O3/c1-2-7-15-3-6(4-16-7,5-17-7)8(10,11)9(12,13)14/h2-5H2,1H3. The van der Waals surface area contributed by atoms with Gasteiger partial charge in [-0.2, -0.15) is 22.0 Å². The van der Waals surface area contributed by atoms with E-state index < -0.39 is 43.3 Å². The lowest BCUT2D eigenvalue weighted by atomic mass is 9.81. The van der Waals surface area contributed by atoms with Crippen molar-refractivity contribution in [3.63, 3.8) is 0 Å². The lowest BCUT2D eigenvalue weighted by Gasteiger charge is -2.53. The minimum atomic E-state index is -5.65. The molecule has 100 valence electrons. The molecule has 0 aliphatic carbocycles. The molecule has 3 aliphatic heterocycles. The van der Waals surface area contributed by atoms with Crippen LogP contribution in [0.1, 0.15) is 13.3 Å². The fourth-order valence-corrected chi connectivity index (χ4v) is 1.87. The maximum atomic E-state index is 13.4. The van der Waals surface area contributed by atoms with Gasteiger partial charge in [-0.15, -0.1) is 0 Å². The normalized spacial score (nSPS) is 38.5. The number of rotatable bonds is 2. The summed E-state index contributed by atoms with van der Waals surface area (Å²) >= 11 is 0. The van der Waals surface area contributed by atoms with Crippen molar-refractivity contribution in [2.45, 2.75) is 31.4 Å². The van der Waals surface area contributed by atoms with Gasteiger partial charge in [-0.05, 0) is 0 Å². The van der Waals surface area contributed by atoms with Gasteiger partial charge in [-0.3, -0.25) is 0 Å². The second-order valence-electron chi connectivity index (χ2n) is 4.26. The van der Waals surface area contributed by atoms with Crippen molar-refractivity contribution in [1.29, 1.82) is 0 Å². The molecule has 0 spiro atoms. The summed E-state index contributed by atoms with van der Waals surface area (Å²) < 4.78 is 78.3. The Morgan fingerprint density at radius 3 is 1.65 bits per heavy atom. The van der Waals surface area contributed by atoms with Gasteiger partial charge < -0.3 is 14.2 Å². The van der Waals surface area contributed by atoms with Gasteiger partial charge in [0.2, 0.25) is 0 Å². The van der Waals surface area contributed by atoms with E-state index in [1.54, 1.807) is 6.92 Å². The predicted octanol–water partition coefficient (Wildman–Crippen LogP) is 2.31. The first-order valence-corrected chi connectivity index (χ1v) is 5.04. The molecule has 0 N–H and O–H groups in total. The molecule has 3 nitrogen and oxygen atoms in total. The van der Waals surface area contributed by atoms with Crippen molar-refractivity contribution in [3.8, 4) is 0 Å². The predicted molar refractivity (Wildman–Crippen MR) is 44.3 cm³/mol. The Labute approximate surface area is 93.8 Å². The molecule has 3 aliphatic rings. The first-order valence-electron chi connectivity index (χ1n) is 5.04. The fraction of sp³-hybridized carbons (Fsp3) is 1.00. The zero-order valence-corrected chi connectivity index (χ0v) is 8.94. The van der Waals surface area contributed by atoms with E-state index in [0.29, 0.717) is 0 Å². The molecular formula is C9H11F5O3. The summed E-state index contributed by atoms with van der Waals surface area (Å²) in [5.41, 5.74) is -2.48. The molecule has 0 unspecified atom stereocenters. The highest BCUT2D eigenvalue weighted by Crippen LogP contribution is 2.54. The molecule has 2 bridgehead atoms. The van der Waals surface area contributed by atoms with Crippen LogP contribution in [0, 0.1) is 5.41 Å². The van der Waals surface area contributed by atoms with Crippen molar-refractivity contribution >= 4 is 0 Å². The smallest absolute Gasteiger partial charge is 0.326 e. The lowest BCUT2D eigenvalue weighted by Crippen LogP contribution is -2.69. The second kappa shape index (κ2) is 3.52. The molecule has 8 heteroatoms. The van der Waals surface area contributed by atoms with Crippen LogP contribution in [0.15, 0.2) is 0 Å². The van der Waals surface area contributed by atoms with E-state index in [0.717, 1.165) is 0 Å². The van der Waals surface area contributed by atoms with E-state index in [1.165, 1.54) is 0 Å². The number of hydrogen-bond donors (Lipinski definition) is 0. The second-order valence-corrected chi connectivity index (χ2v) is 4.26.